The van der Waals surface area contributed by atoms with Crippen LogP contribution < -0.4 is 5.73 Å². The minimum absolute atomic E-state index is 0.434. The molecule has 3 rings (SSSR count). The van der Waals surface area contributed by atoms with Crippen LogP contribution in [0.1, 0.15) is 0 Å². The van der Waals surface area contributed by atoms with E-state index >= 15 is 0 Å². The molecule has 0 aliphatic rings. The summed E-state index contributed by atoms with van der Waals surface area (Å²) in [6, 6.07) is 15.2. The number of halogens is 2. The van der Waals surface area contributed by atoms with Crippen molar-refractivity contribution in [3.63, 3.8) is 0 Å². The third-order valence-electron chi connectivity index (χ3n) is 2.97. The number of benzene rings is 2. The third-order valence-corrected chi connectivity index (χ3v) is 3.77. The largest absolute Gasteiger partial charge is 0.398 e. The first kappa shape index (κ1) is 12.3. The molecule has 0 saturated carbocycles. The van der Waals surface area contributed by atoms with E-state index in [1.165, 1.54) is 0 Å². The maximum Gasteiger partial charge on any atom is 0.0931 e. The molecule has 3 aromatic rings. The van der Waals surface area contributed by atoms with Gasteiger partial charge in [0.2, 0.25) is 0 Å². The van der Waals surface area contributed by atoms with Crippen LogP contribution in [0.2, 0.25) is 10.0 Å². The van der Waals surface area contributed by atoms with Crippen molar-refractivity contribution in [3.05, 3.63) is 58.6 Å². The number of nitrogens with two attached hydrogens (primary N) is 1. The summed E-state index contributed by atoms with van der Waals surface area (Å²) >= 11 is 12.2. The zero-order valence-corrected chi connectivity index (χ0v) is 11.4. The molecule has 0 spiro atoms. The van der Waals surface area contributed by atoms with Gasteiger partial charge in [0.15, 0.2) is 0 Å². The normalized spacial score (nSPS) is 10.8. The van der Waals surface area contributed by atoms with Gasteiger partial charge >= 0.3 is 0 Å². The van der Waals surface area contributed by atoms with Gasteiger partial charge in [-0.2, -0.15) is 0 Å². The number of hydrogen-bond acceptors (Lipinski definition) is 2. The third kappa shape index (κ3) is 2.14. The summed E-state index contributed by atoms with van der Waals surface area (Å²) < 4.78 is 0. The predicted octanol–water partition coefficient (Wildman–Crippen LogP) is 4.79. The summed E-state index contributed by atoms with van der Waals surface area (Å²) in [4.78, 5) is 4.57. The molecular weight excluding hydrogens is 279 g/mol. The number of nitrogens with zero attached hydrogens (tertiary/aromatic N) is 1. The first-order valence-corrected chi connectivity index (χ1v) is 6.52. The molecular formula is C15H10Cl2N2. The van der Waals surface area contributed by atoms with Crippen molar-refractivity contribution in [2.24, 2.45) is 0 Å². The molecule has 19 heavy (non-hydrogen) atoms. The molecule has 0 amide bonds. The standard InChI is InChI=1S/C15H10Cl2N2/c16-11-7-6-10-12(18)8-13(19-15(10)14(11)17)9-4-2-1-3-5-9/h1-8H,(H2,18,19). The molecule has 0 bridgehead atoms. The van der Waals surface area contributed by atoms with Crippen LogP contribution in [0, 0.1) is 0 Å². The van der Waals surface area contributed by atoms with Gasteiger partial charge in [-0.25, -0.2) is 4.98 Å². The smallest absolute Gasteiger partial charge is 0.0931 e. The molecule has 94 valence electrons. The molecule has 2 nitrogen and oxygen atoms in total. The highest BCUT2D eigenvalue weighted by molar-refractivity contribution is 6.45. The summed E-state index contributed by atoms with van der Waals surface area (Å²) in [5, 5.41) is 1.73. The van der Waals surface area contributed by atoms with Crippen molar-refractivity contribution in [2.75, 3.05) is 5.73 Å². The quantitative estimate of drug-likeness (QED) is 0.699. The molecule has 0 aliphatic heterocycles. The fraction of sp³-hybridized carbons (Fsp3) is 0. The summed E-state index contributed by atoms with van der Waals surface area (Å²) in [5.41, 5.74) is 9.12. The highest BCUT2D eigenvalue weighted by Gasteiger charge is 2.10. The zero-order valence-electron chi connectivity index (χ0n) is 9.90. The topological polar surface area (TPSA) is 38.9 Å². The van der Waals surface area contributed by atoms with E-state index in [4.69, 9.17) is 28.9 Å². The lowest BCUT2D eigenvalue weighted by Crippen LogP contribution is -1.93. The first-order valence-electron chi connectivity index (χ1n) is 5.76. The molecule has 0 aliphatic carbocycles. The second-order valence-electron chi connectivity index (χ2n) is 4.22. The van der Waals surface area contributed by atoms with Gasteiger partial charge in [0.05, 0.1) is 21.3 Å². The van der Waals surface area contributed by atoms with Gasteiger partial charge in [-0.3, -0.25) is 0 Å². The van der Waals surface area contributed by atoms with E-state index in [0.29, 0.717) is 21.2 Å². The summed E-state index contributed by atoms with van der Waals surface area (Å²) in [7, 11) is 0. The Kier molecular flexibility index (Phi) is 3.05. The molecule has 0 unspecified atom stereocenters. The summed E-state index contributed by atoms with van der Waals surface area (Å²) in [5.74, 6) is 0. The SMILES string of the molecule is Nc1cc(-c2ccccc2)nc2c(Cl)c(Cl)ccc12. The van der Waals surface area contributed by atoms with Crippen molar-refractivity contribution in [2.45, 2.75) is 0 Å². The lowest BCUT2D eigenvalue weighted by Gasteiger charge is -2.08. The number of pyridine rings is 1. The Labute approximate surface area is 120 Å². The highest BCUT2D eigenvalue weighted by Crippen LogP contribution is 2.34. The maximum absolute atomic E-state index is 6.21. The van der Waals surface area contributed by atoms with Gasteiger partial charge in [-0.05, 0) is 18.2 Å². The van der Waals surface area contributed by atoms with Gasteiger partial charge in [-0.1, -0.05) is 53.5 Å². The number of rotatable bonds is 1. The van der Waals surface area contributed by atoms with E-state index < -0.39 is 0 Å². The second-order valence-corrected chi connectivity index (χ2v) is 5.01. The average Bonchev–Trinajstić information content (AvgIpc) is 2.44. The number of anilines is 1. The Bertz CT molecular complexity index is 755. The number of aromatic nitrogens is 1. The molecule has 0 atom stereocenters. The van der Waals surface area contributed by atoms with Crippen LogP contribution in [-0.2, 0) is 0 Å². The van der Waals surface area contributed by atoms with Crippen molar-refractivity contribution in [1.29, 1.82) is 0 Å². The van der Waals surface area contributed by atoms with Crippen LogP contribution in [0.15, 0.2) is 48.5 Å². The molecule has 1 aromatic heterocycles. The summed E-state index contributed by atoms with van der Waals surface area (Å²) in [6.07, 6.45) is 0. The number of nitrogen functional groups attached to an aromatic ring is 1. The Morgan fingerprint density at radius 3 is 2.42 bits per heavy atom. The fourth-order valence-electron chi connectivity index (χ4n) is 2.02. The Morgan fingerprint density at radius 2 is 1.68 bits per heavy atom. The van der Waals surface area contributed by atoms with E-state index in [1.54, 1.807) is 6.07 Å². The van der Waals surface area contributed by atoms with Crippen LogP contribution in [0.25, 0.3) is 22.2 Å². The van der Waals surface area contributed by atoms with Crippen molar-refractivity contribution >= 4 is 39.8 Å². The van der Waals surface area contributed by atoms with E-state index in [1.807, 2.05) is 42.5 Å². The van der Waals surface area contributed by atoms with E-state index in [0.717, 1.165) is 16.6 Å². The molecule has 0 saturated heterocycles. The van der Waals surface area contributed by atoms with Gasteiger partial charge in [0.1, 0.15) is 0 Å². The van der Waals surface area contributed by atoms with E-state index in [9.17, 15) is 0 Å². The van der Waals surface area contributed by atoms with Crippen LogP contribution in [-0.4, -0.2) is 4.98 Å². The highest BCUT2D eigenvalue weighted by atomic mass is 35.5. The monoisotopic (exact) mass is 288 g/mol. The predicted molar refractivity (Wildman–Crippen MR) is 81.6 cm³/mol. The molecule has 4 heteroatoms. The molecule has 2 aromatic carbocycles. The van der Waals surface area contributed by atoms with Crippen LogP contribution in [0.4, 0.5) is 5.69 Å². The van der Waals surface area contributed by atoms with E-state index in [-0.39, 0.29) is 0 Å². The second kappa shape index (κ2) is 4.72. The minimum Gasteiger partial charge on any atom is -0.398 e. The maximum atomic E-state index is 6.21. The van der Waals surface area contributed by atoms with Crippen LogP contribution in [0.5, 0.6) is 0 Å². The lowest BCUT2D eigenvalue weighted by molar-refractivity contribution is 1.40. The van der Waals surface area contributed by atoms with Crippen molar-refractivity contribution in [1.82, 2.24) is 4.98 Å². The number of fused-ring (bicyclic) bond motifs is 1. The molecule has 1 heterocycles. The van der Waals surface area contributed by atoms with Crippen molar-refractivity contribution < 1.29 is 0 Å². The van der Waals surface area contributed by atoms with Crippen molar-refractivity contribution in [3.8, 4) is 11.3 Å². The Balaban J connectivity index is 2.32. The van der Waals surface area contributed by atoms with E-state index in [2.05, 4.69) is 4.98 Å². The van der Waals surface area contributed by atoms with Gasteiger partial charge in [0.25, 0.3) is 0 Å². The zero-order chi connectivity index (χ0) is 13.4. The molecule has 2 N–H and O–H groups in total. The lowest BCUT2D eigenvalue weighted by atomic mass is 10.1. The molecule has 0 fully saturated rings. The minimum atomic E-state index is 0.434. The Morgan fingerprint density at radius 1 is 0.947 bits per heavy atom. The van der Waals surface area contributed by atoms with Gasteiger partial charge < -0.3 is 5.73 Å². The Hall–Kier alpha value is -1.77. The molecule has 0 radical (unpaired) electrons. The summed E-state index contributed by atoms with van der Waals surface area (Å²) in [6.45, 7) is 0. The average molecular weight is 289 g/mol. The first-order chi connectivity index (χ1) is 9.16. The van der Waals surface area contributed by atoms with Gasteiger partial charge in [-0.15, -0.1) is 0 Å². The van der Waals surface area contributed by atoms with Crippen LogP contribution in [0.3, 0.4) is 0 Å². The fourth-order valence-corrected chi connectivity index (χ4v) is 2.38. The van der Waals surface area contributed by atoms with Gasteiger partial charge in [0, 0.05) is 16.6 Å². The number of hydrogen-bond donors (Lipinski definition) is 1. The van der Waals surface area contributed by atoms with Crippen LogP contribution >= 0.6 is 23.2 Å².